The van der Waals surface area contributed by atoms with E-state index in [0.29, 0.717) is 5.56 Å². The van der Waals surface area contributed by atoms with Crippen LogP contribution in [0.3, 0.4) is 0 Å². The molecule has 3 N–H and O–H groups in total. The van der Waals surface area contributed by atoms with E-state index in [-0.39, 0.29) is 30.3 Å². The maximum atomic E-state index is 14.2. The van der Waals surface area contributed by atoms with Gasteiger partial charge in [-0.25, -0.2) is 19.2 Å². The standard InChI is InChI=1S/C15H14BrF2N3O3/c1-8-6-9(16)7-19-14(8)20-13-10(2-3-11(17)12(13)18)15(23)21-24-5-4-22/h2-3,6-7,22H,4-5H2,1H3,(H,19,20)(H,21,23). The van der Waals surface area contributed by atoms with Gasteiger partial charge in [0, 0.05) is 10.7 Å². The normalized spacial score (nSPS) is 10.5. The summed E-state index contributed by atoms with van der Waals surface area (Å²) < 4.78 is 28.5. The van der Waals surface area contributed by atoms with Crippen molar-refractivity contribution in [3.63, 3.8) is 0 Å². The Morgan fingerprint density at radius 1 is 1.42 bits per heavy atom. The molecule has 0 atom stereocenters. The van der Waals surface area contributed by atoms with Gasteiger partial charge in [-0.05, 0) is 46.6 Å². The number of pyridine rings is 1. The van der Waals surface area contributed by atoms with Gasteiger partial charge in [0.25, 0.3) is 5.91 Å². The van der Waals surface area contributed by atoms with E-state index in [4.69, 9.17) is 9.94 Å². The summed E-state index contributed by atoms with van der Waals surface area (Å²) in [5.41, 5.74) is 2.17. The van der Waals surface area contributed by atoms with Crippen LogP contribution < -0.4 is 10.8 Å². The van der Waals surface area contributed by atoms with Crippen molar-refractivity contribution in [2.75, 3.05) is 18.5 Å². The molecule has 0 saturated carbocycles. The first-order valence-electron chi connectivity index (χ1n) is 6.84. The molecule has 0 bridgehead atoms. The number of aliphatic hydroxyl groups is 1. The van der Waals surface area contributed by atoms with Crippen molar-refractivity contribution < 1.29 is 23.5 Å². The SMILES string of the molecule is Cc1cc(Br)cnc1Nc1c(C(=O)NOCCO)ccc(F)c1F. The molecule has 0 radical (unpaired) electrons. The van der Waals surface area contributed by atoms with Gasteiger partial charge in [-0.3, -0.25) is 9.63 Å². The first kappa shape index (κ1) is 18.2. The summed E-state index contributed by atoms with van der Waals surface area (Å²) in [5, 5.41) is 11.3. The summed E-state index contributed by atoms with van der Waals surface area (Å²) in [6.07, 6.45) is 1.48. The van der Waals surface area contributed by atoms with Crippen LogP contribution >= 0.6 is 15.9 Å². The Morgan fingerprint density at radius 2 is 2.17 bits per heavy atom. The van der Waals surface area contributed by atoms with Crippen molar-refractivity contribution >= 4 is 33.3 Å². The van der Waals surface area contributed by atoms with Gasteiger partial charge in [0.2, 0.25) is 0 Å². The van der Waals surface area contributed by atoms with Gasteiger partial charge in [-0.1, -0.05) is 0 Å². The van der Waals surface area contributed by atoms with E-state index >= 15 is 0 Å². The van der Waals surface area contributed by atoms with Crippen LogP contribution in [0.2, 0.25) is 0 Å². The van der Waals surface area contributed by atoms with Gasteiger partial charge in [0.1, 0.15) is 5.82 Å². The van der Waals surface area contributed by atoms with E-state index < -0.39 is 17.5 Å². The fourth-order valence-corrected chi connectivity index (χ4v) is 2.31. The van der Waals surface area contributed by atoms with Crippen LogP contribution in [0, 0.1) is 18.6 Å². The Kier molecular flexibility index (Phi) is 6.18. The molecule has 1 heterocycles. The maximum Gasteiger partial charge on any atom is 0.277 e. The Hall–Kier alpha value is -2.10. The van der Waals surface area contributed by atoms with Crippen molar-refractivity contribution in [2.45, 2.75) is 6.92 Å². The van der Waals surface area contributed by atoms with Crippen molar-refractivity contribution in [3.05, 3.63) is 51.6 Å². The van der Waals surface area contributed by atoms with Gasteiger partial charge in [-0.2, -0.15) is 0 Å². The number of nitrogens with one attached hydrogen (secondary N) is 2. The van der Waals surface area contributed by atoms with Gasteiger partial charge in [0.05, 0.1) is 24.5 Å². The predicted octanol–water partition coefficient (Wildman–Crippen LogP) is 2.83. The third-order valence-electron chi connectivity index (χ3n) is 2.99. The van der Waals surface area contributed by atoms with E-state index in [1.54, 1.807) is 13.0 Å². The number of aromatic nitrogens is 1. The molecule has 0 aliphatic rings. The molecule has 1 aromatic heterocycles. The number of aryl methyl sites for hydroxylation is 1. The summed E-state index contributed by atoms with van der Waals surface area (Å²) in [5.74, 6) is -2.85. The van der Waals surface area contributed by atoms with E-state index in [1.165, 1.54) is 6.20 Å². The molecule has 0 fully saturated rings. The van der Waals surface area contributed by atoms with Crippen LogP contribution in [-0.2, 0) is 4.84 Å². The highest BCUT2D eigenvalue weighted by Crippen LogP contribution is 2.28. The fourth-order valence-electron chi connectivity index (χ4n) is 1.87. The zero-order valence-corrected chi connectivity index (χ0v) is 14.2. The number of aliphatic hydroxyl groups excluding tert-OH is 1. The predicted molar refractivity (Wildman–Crippen MR) is 86.8 cm³/mol. The number of carbonyl (C=O) groups excluding carboxylic acids is 1. The van der Waals surface area contributed by atoms with Crippen LogP contribution in [0.5, 0.6) is 0 Å². The number of hydrogen-bond donors (Lipinski definition) is 3. The lowest BCUT2D eigenvalue weighted by Crippen LogP contribution is -2.26. The minimum Gasteiger partial charge on any atom is -0.394 e. The van der Waals surface area contributed by atoms with E-state index in [1.807, 2.05) is 5.48 Å². The molecule has 24 heavy (non-hydrogen) atoms. The minimum atomic E-state index is -1.21. The van der Waals surface area contributed by atoms with E-state index in [2.05, 4.69) is 26.2 Å². The van der Waals surface area contributed by atoms with E-state index in [0.717, 1.165) is 16.6 Å². The fraction of sp³-hybridized carbons (Fsp3) is 0.200. The number of halogens is 3. The monoisotopic (exact) mass is 401 g/mol. The number of nitrogens with zero attached hydrogens (tertiary/aromatic N) is 1. The number of rotatable bonds is 6. The van der Waals surface area contributed by atoms with Gasteiger partial charge >= 0.3 is 0 Å². The highest BCUT2D eigenvalue weighted by Gasteiger charge is 2.20. The average molecular weight is 402 g/mol. The van der Waals surface area contributed by atoms with Crippen LogP contribution in [0.15, 0.2) is 28.9 Å². The second kappa shape index (κ2) is 8.13. The summed E-state index contributed by atoms with van der Waals surface area (Å²) in [6, 6.07) is 3.69. The van der Waals surface area contributed by atoms with Gasteiger partial charge in [0.15, 0.2) is 11.6 Å². The Bertz CT molecular complexity index is 759. The highest BCUT2D eigenvalue weighted by molar-refractivity contribution is 9.10. The molecule has 2 rings (SSSR count). The van der Waals surface area contributed by atoms with Crippen LogP contribution in [-0.4, -0.2) is 29.2 Å². The van der Waals surface area contributed by atoms with Crippen molar-refractivity contribution in [3.8, 4) is 0 Å². The zero-order chi connectivity index (χ0) is 17.7. The molecule has 9 heteroatoms. The molecule has 0 aliphatic carbocycles. The summed E-state index contributed by atoms with van der Waals surface area (Å²) in [4.78, 5) is 20.8. The number of amides is 1. The molecular weight excluding hydrogens is 388 g/mol. The number of benzene rings is 1. The Labute approximate surface area is 144 Å². The summed E-state index contributed by atoms with van der Waals surface area (Å²) in [7, 11) is 0. The number of hydroxylamine groups is 1. The molecule has 0 unspecified atom stereocenters. The molecule has 6 nitrogen and oxygen atoms in total. The quantitative estimate of drug-likeness (QED) is 0.512. The molecule has 0 aliphatic heterocycles. The lowest BCUT2D eigenvalue weighted by molar-refractivity contribution is 0.0168. The molecule has 1 amide bonds. The van der Waals surface area contributed by atoms with Crippen molar-refractivity contribution in [1.29, 1.82) is 0 Å². The maximum absolute atomic E-state index is 14.2. The van der Waals surface area contributed by atoms with Crippen LogP contribution in [0.4, 0.5) is 20.3 Å². The van der Waals surface area contributed by atoms with E-state index in [9.17, 15) is 13.6 Å². The second-order valence-corrected chi connectivity index (χ2v) is 5.65. The third-order valence-corrected chi connectivity index (χ3v) is 3.42. The van der Waals surface area contributed by atoms with Crippen molar-refractivity contribution in [2.24, 2.45) is 0 Å². The third kappa shape index (κ3) is 4.25. The molecule has 128 valence electrons. The summed E-state index contributed by atoms with van der Waals surface area (Å²) >= 11 is 3.26. The molecular formula is C15H14BrF2N3O3. The number of carbonyl (C=O) groups is 1. The van der Waals surface area contributed by atoms with Crippen LogP contribution in [0.25, 0.3) is 0 Å². The number of anilines is 2. The highest BCUT2D eigenvalue weighted by atomic mass is 79.9. The van der Waals surface area contributed by atoms with Crippen molar-refractivity contribution in [1.82, 2.24) is 10.5 Å². The molecule has 0 saturated heterocycles. The number of hydrogen-bond acceptors (Lipinski definition) is 5. The Morgan fingerprint density at radius 3 is 2.83 bits per heavy atom. The van der Waals surface area contributed by atoms with Gasteiger partial charge < -0.3 is 10.4 Å². The minimum absolute atomic E-state index is 0.133. The topological polar surface area (TPSA) is 83.5 Å². The first-order chi connectivity index (χ1) is 11.4. The summed E-state index contributed by atoms with van der Waals surface area (Å²) in [6.45, 7) is 1.29. The second-order valence-electron chi connectivity index (χ2n) is 4.73. The lowest BCUT2D eigenvalue weighted by Gasteiger charge is -2.14. The molecule has 2 aromatic rings. The average Bonchev–Trinajstić information content (AvgIpc) is 2.54. The Balaban J connectivity index is 2.36. The largest absolute Gasteiger partial charge is 0.394 e. The lowest BCUT2D eigenvalue weighted by atomic mass is 10.1. The van der Waals surface area contributed by atoms with Gasteiger partial charge in [-0.15, -0.1) is 0 Å². The molecule has 1 aromatic carbocycles. The molecule has 0 spiro atoms. The first-order valence-corrected chi connectivity index (χ1v) is 7.63. The smallest absolute Gasteiger partial charge is 0.277 e. The van der Waals surface area contributed by atoms with Crippen LogP contribution in [0.1, 0.15) is 15.9 Å². The zero-order valence-electron chi connectivity index (χ0n) is 12.6.